The number of benzene rings is 1. The summed E-state index contributed by atoms with van der Waals surface area (Å²) in [5.74, 6) is 2.55. The van der Waals surface area contributed by atoms with Crippen molar-refractivity contribution in [2.75, 3.05) is 25.6 Å². The summed E-state index contributed by atoms with van der Waals surface area (Å²) < 4.78 is 0. The molecule has 0 radical (unpaired) electrons. The molecule has 1 saturated heterocycles. The lowest BCUT2D eigenvalue weighted by atomic mass is 9.82. The topological polar surface area (TPSA) is 15.3 Å². The summed E-state index contributed by atoms with van der Waals surface area (Å²) in [5.41, 5.74) is 3.29. The SMILES string of the molecule is CN(C)Cc1ccccc1CNC1CSCCC1(C)C. The van der Waals surface area contributed by atoms with Crippen LogP contribution in [0.5, 0.6) is 0 Å². The summed E-state index contributed by atoms with van der Waals surface area (Å²) in [4.78, 5) is 2.24. The van der Waals surface area contributed by atoms with E-state index in [9.17, 15) is 0 Å². The summed E-state index contributed by atoms with van der Waals surface area (Å²) in [7, 11) is 4.26. The van der Waals surface area contributed by atoms with E-state index < -0.39 is 0 Å². The van der Waals surface area contributed by atoms with E-state index in [1.54, 1.807) is 0 Å². The van der Waals surface area contributed by atoms with Gasteiger partial charge in [-0.05, 0) is 42.8 Å². The predicted octanol–water partition coefficient (Wildman–Crippen LogP) is 3.37. The fourth-order valence-electron chi connectivity index (χ4n) is 2.73. The van der Waals surface area contributed by atoms with Crippen LogP contribution < -0.4 is 5.32 Å². The third-order valence-electron chi connectivity index (χ3n) is 4.26. The van der Waals surface area contributed by atoms with Crippen LogP contribution in [0, 0.1) is 5.41 Å². The molecule has 1 fully saturated rings. The first-order valence-corrected chi connectivity index (χ1v) is 8.67. The van der Waals surface area contributed by atoms with Gasteiger partial charge in [0.05, 0.1) is 0 Å². The summed E-state index contributed by atoms with van der Waals surface area (Å²) >= 11 is 2.08. The molecule has 0 aromatic heterocycles. The highest BCUT2D eigenvalue weighted by Gasteiger charge is 2.32. The highest BCUT2D eigenvalue weighted by atomic mass is 32.2. The van der Waals surface area contributed by atoms with Crippen molar-refractivity contribution >= 4 is 11.8 Å². The first kappa shape index (κ1) is 15.9. The molecule has 1 atom stereocenters. The van der Waals surface area contributed by atoms with Gasteiger partial charge in [0.2, 0.25) is 0 Å². The van der Waals surface area contributed by atoms with Gasteiger partial charge >= 0.3 is 0 Å². The van der Waals surface area contributed by atoms with Crippen LogP contribution in [0.2, 0.25) is 0 Å². The van der Waals surface area contributed by atoms with Gasteiger partial charge in [0.1, 0.15) is 0 Å². The van der Waals surface area contributed by atoms with Gasteiger partial charge in [-0.15, -0.1) is 0 Å². The van der Waals surface area contributed by atoms with E-state index in [1.807, 2.05) is 0 Å². The summed E-state index contributed by atoms with van der Waals surface area (Å²) in [6.45, 7) is 6.80. The van der Waals surface area contributed by atoms with Gasteiger partial charge in [-0.25, -0.2) is 0 Å². The molecule has 0 amide bonds. The Morgan fingerprint density at radius 2 is 1.95 bits per heavy atom. The van der Waals surface area contributed by atoms with Gasteiger partial charge in [-0.2, -0.15) is 11.8 Å². The molecule has 0 saturated carbocycles. The zero-order valence-corrected chi connectivity index (χ0v) is 14.1. The molecule has 20 heavy (non-hydrogen) atoms. The normalized spacial score (nSPS) is 22.1. The number of thioether (sulfide) groups is 1. The molecule has 1 N–H and O–H groups in total. The summed E-state index contributed by atoms with van der Waals surface area (Å²) in [6.07, 6.45) is 1.31. The van der Waals surface area contributed by atoms with Crippen LogP contribution in [0.3, 0.4) is 0 Å². The molecular weight excluding hydrogens is 264 g/mol. The van der Waals surface area contributed by atoms with Crippen molar-refractivity contribution in [2.45, 2.75) is 39.4 Å². The Labute approximate surface area is 128 Å². The Hall–Kier alpha value is -0.510. The van der Waals surface area contributed by atoms with Crippen LogP contribution in [0.1, 0.15) is 31.4 Å². The van der Waals surface area contributed by atoms with Crippen molar-refractivity contribution in [2.24, 2.45) is 5.41 Å². The quantitative estimate of drug-likeness (QED) is 0.896. The van der Waals surface area contributed by atoms with Crippen LogP contribution in [0.4, 0.5) is 0 Å². The van der Waals surface area contributed by atoms with Crippen LogP contribution >= 0.6 is 11.8 Å². The maximum absolute atomic E-state index is 3.80. The molecule has 1 heterocycles. The van der Waals surface area contributed by atoms with Gasteiger partial charge in [0.25, 0.3) is 0 Å². The molecule has 1 aromatic carbocycles. The number of hydrogen-bond acceptors (Lipinski definition) is 3. The molecule has 1 aliphatic heterocycles. The van der Waals surface area contributed by atoms with Gasteiger partial charge in [-0.1, -0.05) is 38.1 Å². The highest BCUT2D eigenvalue weighted by Crippen LogP contribution is 2.34. The lowest BCUT2D eigenvalue weighted by Crippen LogP contribution is -2.46. The second-order valence-corrected chi connectivity index (χ2v) is 7.90. The molecule has 1 aliphatic rings. The van der Waals surface area contributed by atoms with Crippen LogP contribution in [-0.2, 0) is 13.1 Å². The molecule has 3 heteroatoms. The summed E-state index contributed by atoms with van der Waals surface area (Å²) in [6, 6.07) is 9.42. The third-order valence-corrected chi connectivity index (χ3v) is 5.32. The van der Waals surface area contributed by atoms with Gasteiger partial charge in [0, 0.05) is 24.9 Å². The lowest BCUT2D eigenvalue weighted by molar-refractivity contribution is 0.244. The number of nitrogens with one attached hydrogen (secondary N) is 1. The molecular formula is C17H28N2S. The Bertz CT molecular complexity index is 429. The standard InChI is InChI=1S/C17H28N2S/c1-17(2)9-10-20-13-16(17)18-11-14-7-5-6-8-15(14)12-19(3)4/h5-8,16,18H,9-13H2,1-4H3. The zero-order valence-electron chi connectivity index (χ0n) is 13.3. The Morgan fingerprint density at radius 1 is 1.25 bits per heavy atom. The minimum Gasteiger partial charge on any atom is -0.309 e. The fraction of sp³-hybridized carbons (Fsp3) is 0.647. The number of rotatable bonds is 5. The smallest absolute Gasteiger partial charge is 0.0230 e. The maximum atomic E-state index is 3.80. The fourth-order valence-corrected chi connectivity index (χ4v) is 4.37. The highest BCUT2D eigenvalue weighted by molar-refractivity contribution is 7.99. The molecule has 1 unspecified atom stereocenters. The van der Waals surface area contributed by atoms with Crippen LogP contribution in [0.25, 0.3) is 0 Å². The predicted molar refractivity (Wildman–Crippen MR) is 90.2 cm³/mol. The zero-order chi connectivity index (χ0) is 14.6. The van der Waals surface area contributed by atoms with E-state index in [2.05, 4.69) is 74.2 Å². The Balaban J connectivity index is 2.00. The van der Waals surface area contributed by atoms with E-state index in [1.165, 1.54) is 29.1 Å². The van der Waals surface area contributed by atoms with E-state index in [0.29, 0.717) is 11.5 Å². The van der Waals surface area contributed by atoms with Crippen LogP contribution in [-0.4, -0.2) is 36.5 Å². The first-order valence-electron chi connectivity index (χ1n) is 7.52. The minimum absolute atomic E-state index is 0.418. The second-order valence-electron chi connectivity index (χ2n) is 6.75. The van der Waals surface area contributed by atoms with E-state index >= 15 is 0 Å². The van der Waals surface area contributed by atoms with Crippen molar-refractivity contribution in [3.8, 4) is 0 Å². The van der Waals surface area contributed by atoms with Gasteiger partial charge in [-0.3, -0.25) is 0 Å². The van der Waals surface area contributed by atoms with E-state index in [4.69, 9.17) is 0 Å². The Morgan fingerprint density at radius 3 is 2.60 bits per heavy atom. The van der Waals surface area contributed by atoms with Crippen molar-refractivity contribution in [1.82, 2.24) is 10.2 Å². The molecule has 2 rings (SSSR count). The third kappa shape index (κ3) is 4.24. The maximum Gasteiger partial charge on any atom is 0.0230 e. The van der Waals surface area contributed by atoms with E-state index in [-0.39, 0.29) is 0 Å². The summed E-state index contributed by atoms with van der Waals surface area (Å²) in [5, 5.41) is 3.80. The number of nitrogens with zero attached hydrogens (tertiary/aromatic N) is 1. The molecule has 1 aromatic rings. The molecule has 112 valence electrons. The first-order chi connectivity index (χ1) is 9.49. The number of hydrogen-bond donors (Lipinski definition) is 1. The van der Waals surface area contributed by atoms with Gasteiger partial charge < -0.3 is 10.2 Å². The van der Waals surface area contributed by atoms with Crippen molar-refractivity contribution < 1.29 is 0 Å². The lowest BCUT2D eigenvalue weighted by Gasteiger charge is -2.39. The minimum atomic E-state index is 0.418. The van der Waals surface area contributed by atoms with Gasteiger partial charge in [0.15, 0.2) is 0 Å². The average Bonchev–Trinajstić information content (AvgIpc) is 2.38. The second kappa shape index (κ2) is 6.97. The molecule has 0 aliphatic carbocycles. The Kier molecular flexibility index (Phi) is 5.53. The van der Waals surface area contributed by atoms with Crippen LogP contribution in [0.15, 0.2) is 24.3 Å². The average molecular weight is 292 g/mol. The van der Waals surface area contributed by atoms with Crippen molar-refractivity contribution in [3.63, 3.8) is 0 Å². The largest absolute Gasteiger partial charge is 0.309 e. The molecule has 0 spiro atoms. The monoisotopic (exact) mass is 292 g/mol. The van der Waals surface area contributed by atoms with Crippen molar-refractivity contribution in [1.29, 1.82) is 0 Å². The van der Waals surface area contributed by atoms with Crippen molar-refractivity contribution in [3.05, 3.63) is 35.4 Å². The molecule has 0 bridgehead atoms. The molecule has 2 nitrogen and oxygen atoms in total. The van der Waals surface area contributed by atoms with E-state index in [0.717, 1.165) is 13.1 Å².